The summed E-state index contributed by atoms with van der Waals surface area (Å²) in [4.78, 5) is 4.89. The number of benzene rings is 14. The third-order valence-electron chi connectivity index (χ3n) is 14.9. The standard InChI is InChI=1S/C68H42N2S/c1-3-15-49-37-51(29-25-43(49)11-1)69(53-31-27-47-23-21-45-13-5-7-17-57(45)63(47)39-53)55-33-35-61-65(41-55)59-19-9-10-20-60(59)67-62-36-34-56(42-66(62)71-68(61)67)70(52-30-26-44-12-2-4-16-50(44)38-52)54-32-28-48-24-22-46-14-6-8-18-58(46)64(48)40-54/h1-42H. The summed E-state index contributed by atoms with van der Waals surface area (Å²) < 4.78 is 2.57. The van der Waals surface area contributed by atoms with Gasteiger partial charge in [-0.15, -0.1) is 11.3 Å². The molecule has 0 saturated carbocycles. The van der Waals surface area contributed by atoms with E-state index < -0.39 is 0 Å². The molecule has 0 amide bonds. The average molecular weight is 919 g/mol. The molecule has 330 valence electrons. The van der Waals surface area contributed by atoms with Crippen molar-refractivity contribution in [3.05, 3.63) is 255 Å². The second-order valence-electron chi connectivity index (χ2n) is 18.9. The summed E-state index contributed by atoms with van der Waals surface area (Å²) in [6, 6.07) is 94.6. The molecule has 0 spiro atoms. The lowest BCUT2D eigenvalue weighted by atomic mass is 9.96. The molecule has 0 aliphatic heterocycles. The largest absolute Gasteiger partial charge is 0.310 e. The lowest BCUT2D eigenvalue weighted by Crippen LogP contribution is -2.10. The van der Waals surface area contributed by atoms with E-state index in [0.29, 0.717) is 0 Å². The van der Waals surface area contributed by atoms with Crippen LogP contribution in [0.5, 0.6) is 0 Å². The van der Waals surface area contributed by atoms with Crippen molar-refractivity contribution in [3.8, 4) is 0 Å². The van der Waals surface area contributed by atoms with Crippen LogP contribution in [0.2, 0.25) is 0 Å². The third-order valence-corrected chi connectivity index (χ3v) is 16.1. The first kappa shape index (κ1) is 39.9. The minimum absolute atomic E-state index is 1.12. The van der Waals surface area contributed by atoms with E-state index in [1.807, 2.05) is 11.3 Å². The van der Waals surface area contributed by atoms with Gasteiger partial charge in [0.1, 0.15) is 0 Å². The average Bonchev–Trinajstić information content (AvgIpc) is 3.82. The van der Waals surface area contributed by atoms with Gasteiger partial charge < -0.3 is 9.80 Å². The number of hydrogen-bond donors (Lipinski definition) is 0. The van der Waals surface area contributed by atoms with Gasteiger partial charge in [-0.2, -0.15) is 0 Å². The van der Waals surface area contributed by atoms with Crippen molar-refractivity contribution < 1.29 is 0 Å². The van der Waals surface area contributed by atoms with Crippen LogP contribution in [0.4, 0.5) is 34.1 Å². The summed E-state index contributed by atoms with van der Waals surface area (Å²) in [7, 11) is 0. The Kier molecular flexibility index (Phi) is 8.86. The molecule has 0 atom stereocenters. The van der Waals surface area contributed by atoms with Gasteiger partial charge in [-0.1, -0.05) is 182 Å². The molecule has 0 fully saturated rings. The molecule has 0 radical (unpaired) electrons. The molecule has 0 aliphatic rings. The van der Waals surface area contributed by atoms with Crippen molar-refractivity contribution in [2.75, 3.05) is 9.80 Å². The summed E-state index contributed by atoms with van der Waals surface area (Å²) in [5.74, 6) is 0. The summed E-state index contributed by atoms with van der Waals surface area (Å²) in [5, 5.41) is 22.5. The molecule has 15 rings (SSSR count). The maximum absolute atomic E-state index is 2.44. The number of fused-ring (bicyclic) bond motifs is 16. The first-order valence-electron chi connectivity index (χ1n) is 24.4. The SMILES string of the molecule is c1ccc2cc(N(c3ccc4c(c3)sc3c5ccc(N(c6ccc7ccccc7c6)c6ccc7ccc8ccccc8c7c6)cc5c5ccccc5c43)c3ccc4ccc5ccccc5c4c3)ccc2c1. The van der Waals surface area contributed by atoms with Crippen molar-refractivity contribution in [3.63, 3.8) is 0 Å². The monoisotopic (exact) mass is 918 g/mol. The van der Waals surface area contributed by atoms with Crippen LogP contribution in [0.15, 0.2) is 255 Å². The third kappa shape index (κ3) is 6.41. The number of thiophene rings is 1. The molecule has 1 heterocycles. The molecule has 2 nitrogen and oxygen atoms in total. The fourth-order valence-corrected chi connectivity index (χ4v) is 12.8. The predicted molar refractivity (Wildman–Crippen MR) is 309 cm³/mol. The fourth-order valence-electron chi connectivity index (χ4n) is 11.5. The van der Waals surface area contributed by atoms with Gasteiger partial charge in [0.05, 0.1) is 0 Å². The van der Waals surface area contributed by atoms with Gasteiger partial charge in [0.2, 0.25) is 0 Å². The molecule has 0 unspecified atom stereocenters. The Morgan fingerprint density at radius 3 is 1.10 bits per heavy atom. The maximum Gasteiger partial charge on any atom is 0.0476 e. The molecular weight excluding hydrogens is 877 g/mol. The Bertz CT molecular complexity index is 4680. The van der Waals surface area contributed by atoms with E-state index in [0.717, 1.165) is 34.1 Å². The van der Waals surface area contributed by atoms with E-state index in [4.69, 9.17) is 0 Å². The molecule has 0 N–H and O–H groups in total. The quantitative estimate of drug-likeness (QED) is 0.153. The molecule has 0 aliphatic carbocycles. The Balaban J connectivity index is 0.933. The van der Waals surface area contributed by atoms with E-state index in [9.17, 15) is 0 Å². The lowest BCUT2D eigenvalue weighted by Gasteiger charge is -2.27. The maximum atomic E-state index is 2.44. The highest BCUT2D eigenvalue weighted by Crippen LogP contribution is 2.49. The zero-order chi connectivity index (χ0) is 46.6. The number of anilines is 6. The summed E-state index contributed by atoms with van der Waals surface area (Å²) >= 11 is 1.91. The molecule has 15 aromatic rings. The summed E-state index contributed by atoms with van der Waals surface area (Å²) in [6.45, 7) is 0. The zero-order valence-electron chi connectivity index (χ0n) is 38.6. The van der Waals surface area contributed by atoms with Gasteiger partial charge in [0.25, 0.3) is 0 Å². The first-order chi connectivity index (χ1) is 35.2. The normalized spacial score (nSPS) is 11.9. The number of nitrogens with zero attached hydrogens (tertiary/aromatic N) is 2. The molecule has 3 heteroatoms. The van der Waals surface area contributed by atoms with Crippen molar-refractivity contribution in [2.45, 2.75) is 0 Å². The Labute approximate surface area is 414 Å². The van der Waals surface area contributed by atoms with Crippen LogP contribution >= 0.6 is 11.3 Å². The molecule has 1 aromatic heterocycles. The Hall–Kier alpha value is -9.02. The second-order valence-corrected chi connectivity index (χ2v) is 19.9. The molecule has 0 bridgehead atoms. The number of hydrogen-bond acceptors (Lipinski definition) is 3. The van der Waals surface area contributed by atoms with E-state index in [2.05, 4.69) is 265 Å². The van der Waals surface area contributed by atoms with Crippen LogP contribution in [-0.4, -0.2) is 0 Å². The summed E-state index contributed by atoms with van der Waals surface area (Å²) in [6.07, 6.45) is 0. The Morgan fingerprint density at radius 1 is 0.211 bits per heavy atom. The fraction of sp³-hybridized carbons (Fsp3) is 0. The van der Waals surface area contributed by atoms with E-state index in [-0.39, 0.29) is 0 Å². The van der Waals surface area contributed by atoms with Crippen LogP contribution in [0.3, 0.4) is 0 Å². The minimum atomic E-state index is 1.12. The lowest BCUT2D eigenvalue weighted by molar-refractivity contribution is 1.30. The Morgan fingerprint density at radius 2 is 0.563 bits per heavy atom. The van der Waals surface area contributed by atoms with Crippen LogP contribution in [0.25, 0.3) is 106 Å². The van der Waals surface area contributed by atoms with Crippen molar-refractivity contribution >= 4 is 152 Å². The molecule has 14 aromatic carbocycles. The topological polar surface area (TPSA) is 6.48 Å². The highest BCUT2D eigenvalue weighted by molar-refractivity contribution is 7.27. The zero-order valence-corrected chi connectivity index (χ0v) is 39.4. The predicted octanol–water partition coefficient (Wildman–Crippen LogP) is 20.2. The smallest absolute Gasteiger partial charge is 0.0476 e. The van der Waals surface area contributed by atoms with Gasteiger partial charge in [-0.3, -0.25) is 0 Å². The van der Waals surface area contributed by atoms with Gasteiger partial charge in [0.15, 0.2) is 0 Å². The minimum Gasteiger partial charge on any atom is -0.310 e. The number of rotatable bonds is 6. The van der Waals surface area contributed by atoms with Crippen LogP contribution < -0.4 is 9.80 Å². The second kappa shape index (κ2) is 15.8. The van der Waals surface area contributed by atoms with Gasteiger partial charge >= 0.3 is 0 Å². The molecule has 0 saturated heterocycles. The summed E-state index contributed by atoms with van der Waals surface area (Å²) in [5.41, 5.74) is 6.75. The van der Waals surface area contributed by atoms with Crippen molar-refractivity contribution in [1.29, 1.82) is 0 Å². The van der Waals surface area contributed by atoms with Crippen molar-refractivity contribution in [2.24, 2.45) is 0 Å². The van der Waals surface area contributed by atoms with Gasteiger partial charge in [0, 0.05) is 59.7 Å². The molecule has 71 heavy (non-hydrogen) atoms. The highest BCUT2D eigenvalue weighted by atomic mass is 32.1. The van der Waals surface area contributed by atoms with E-state index >= 15 is 0 Å². The van der Waals surface area contributed by atoms with Gasteiger partial charge in [-0.25, -0.2) is 0 Å². The van der Waals surface area contributed by atoms with Crippen LogP contribution in [-0.2, 0) is 0 Å². The highest BCUT2D eigenvalue weighted by Gasteiger charge is 2.21. The van der Waals surface area contributed by atoms with E-state index in [1.165, 1.54) is 106 Å². The molecular formula is C68H42N2S. The van der Waals surface area contributed by atoms with Crippen LogP contribution in [0, 0.1) is 0 Å². The van der Waals surface area contributed by atoms with Crippen LogP contribution in [0.1, 0.15) is 0 Å². The first-order valence-corrected chi connectivity index (χ1v) is 25.2. The van der Waals surface area contributed by atoms with E-state index in [1.54, 1.807) is 0 Å². The van der Waals surface area contributed by atoms with Crippen molar-refractivity contribution in [1.82, 2.24) is 0 Å². The van der Waals surface area contributed by atoms with Gasteiger partial charge in [-0.05, 0) is 154 Å².